The SMILES string of the molecule is Cc1sc(=O)n(CC(=O)NCC(N)c2ccc(C(C)C)cc2)c1C.Cl. The fourth-order valence-corrected chi connectivity index (χ4v) is 3.27. The van der Waals surface area contributed by atoms with Crippen molar-refractivity contribution in [2.75, 3.05) is 6.54 Å². The monoisotopic (exact) mass is 383 g/mol. The first-order valence-corrected chi connectivity index (χ1v) is 8.90. The average molecular weight is 384 g/mol. The molecule has 3 N–H and O–H groups in total. The number of aryl methyl sites for hydroxylation is 1. The van der Waals surface area contributed by atoms with Crippen LogP contribution in [-0.2, 0) is 11.3 Å². The summed E-state index contributed by atoms with van der Waals surface area (Å²) >= 11 is 1.17. The van der Waals surface area contributed by atoms with E-state index in [-0.39, 0.29) is 35.8 Å². The molecule has 138 valence electrons. The second-order valence-electron chi connectivity index (χ2n) is 6.33. The third-order valence-electron chi connectivity index (χ3n) is 4.23. The lowest BCUT2D eigenvalue weighted by atomic mass is 9.99. The molecule has 25 heavy (non-hydrogen) atoms. The number of nitrogens with one attached hydrogen (secondary N) is 1. The zero-order chi connectivity index (χ0) is 17.9. The first-order valence-electron chi connectivity index (χ1n) is 8.08. The lowest BCUT2D eigenvalue weighted by Crippen LogP contribution is -2.35. The smallest absolute Gasteiger partial charge is 0.308 e. The molecule has 5 nitrogen and oxygen atoms in total. The van der Waals surface area contributed by atoms with Crippen LogP contribution >= 0.6 is 23.7 Å². The Bertz CT molecular complexity index is 766. The number of aromatic nitrogens is 1. The summed E-state index contributed by atoms with van der Waals surface area (Å²) in [5.74, 6) is 0.276. The van der Waals surface area contributed by atoms with E-state index in [0.717, 1.165) is 16.1 Å². The van der Waals surface area contributed by atoms with Gasteiger partial charge in [0, 0.05) is 23.2 Å². The molecule has 2 aromatic rings. The Kier molecular flexibility index (Phi) is 7.86. The summed E-state index contributed by atoms with van der Waals surface area (Å²) in [6.07, 6.45) is 0. The Balaban J connectivity index is 0.00000312. The summed E-state index contributed by atoms with van der Waals surface area (Å²) in [5.41, 5.74) is 9.23. The summed E-state index contributed by atoms with van der Waals surface area (Å²) in [7, 11) is 0. The second-order valence-corrected chi connectivity index (χ2v) is 7.49. The van der Waals surface area contributed by atoms with Crippen LogP contribution in [0.2, 0.25) is 0 Å². The molecular formula is C18H26ClN3O2S. The van der Waals surface area contributed by atoms with Gasteiger partial charge in [-0.05, 0) is 30.9 Å². The number of hydrogen-bond donors (Lipinski definition) is 2. The molecule has 2 rings (SSSR count). The Morgan fingerprint density at radius 1 is 1.20 bits per heavy atom. The number of thiazole rings is 1. The van der Waals surface area contributed by atoms with Gasteiger partial charge in [0.25, 0.3) is 0 Å². The number of nitrogens with zero attached hydrogens (tertiary/aromatic N) is 1. The molecule has 0 saturated carbocycles. The van der Waals surface area contributed by atoms with Crippen LogP contribution in [0.25, 0.3) is 0 Å². The highest BCUT2D eigenvalue weighted by molar-refractivity contribution is 7.09. The van der Waals surface area contributed by atoms with Gasteiger partial charge in [-0.15, -0.1) is 12.4 Å². The van der Waals surface area contributed by atoms with E-state index in [4.69, 9.17) is 5.73 Å². The predicted molar refractivity (Wildman–Crippen MR) is 106 cm³/mol. The Morgan fingerprint density at radius 2 is 1.76 bits per heavy atom. The normalized spacial score (nSPS) is 11.9. The standard InChI is InChI=1S/C18H25N3O2S.ClH/c1-11(2)14-5-7-15(8-6-14)16(19)9-20-17(22)10-21-12(3)13(4)24-18(21)23;/h5-8,11,16H,9-10,19H2,1-4H3,(H,20,22);1H. The molecular weight excluding hydrogens is 358 g/mol. The van der Waals surface area contributed by atoms with E-state index < -0.39 is 0 Å². The number of nitrogens with two attached hydrogens (primary N) is 1. The Labute approximate surface area is 158 Å². The van der Waals surface area contributed by atoms with Gasteiger partial charge in [0.2, 0.25) is 5.91 Å². The summed E-state index contributed by atoms with van der Waals surface area (Å²) in [6, 6.07) is 7.88. The zero-order valence-corrected chi connectivity index (χ0v) is 16.7. The maximum atomic E-state index is 12.1. The Hall–Kier alpha value is -1.63. The molecule has 1 atom stereocenters. The fourth-order valence-electron chi connectivity index (χ4n) is 2.44. The first kappa shape index (κ1) is 21.4. The molecule has 7 heteroatoms. The summed E-state index contributed by atoms with van der Waals surface area (Å²) in [4.78, 5) is 24.7. The zero-order valence-electron chi connectivity index (χ0n) is 15.0. The highest BCUT2D eigenvalue weighted by atomic mass is 35.5. The molecule has 0 radical (unpaired) electrons. The van der Waals surface area contributed by atoms with Crippen LogP contribution in [0.3, 0.4) is 0 Å². The average Bonchev–Trinajstić information content (AvgIpc) is 2.79. The number of halogens is 1. The summed E-state index contributed by atoms with van der Waals surface area (Å²) in [5, 5.41) is 2.81. The number of amides is 1. The number of carbonyl (C=O) groups is 1. The van der Waals surface area contributed by atoms with E-state index >= 15 is 0 Å². The predicted octanol–water partition coefficient (Wildman–Crippen LogP) is 2.89. The van der Waals surface area contributed by atoms with Gasteiger partial charge in [-0.25, -0.2) is 0 Å². The number of hydrogen-bond acceptors (Lipinski definition) is 4. The lowest BCUT2D eigenvalue weighted by molar-refractivity contribution is -0.121. The second kappa shape index (κ2) is 9.17. The molecule has 0 aliphatic heterocycles. The van der Waals surface area contributed by atoms with Crippen LogP contribution in [-0.4, -0.2) is 17.0 Å². The van der Waals surface area contributed by atoms with Crippen molar-refractivity contribution >= 4 is 29.7 Å². The number of benzene rings is 1. The van der Waals surface area contributed by atoms with Gasteiger partial charge in [-0.3, -0.25) is 14.2 Å². The molecule has 0 saturated heterocycles. The van der Waals surface area contributed by atoms with Crippen molar-refractivity contribution in [2.24, 2.45) is 5.73 Å². The number of carbonyl (C=O) groups excluding carboxylic acids is 1. The van der Waals surface area contributed by atoms with Crippen molar-refractivity contribution in [3.8, 4) is 0 Å². The van der Waals surface area contributed by atoms with E-state index in [1.807, 2.05) is 26.0 Å². The van der Waals surface area contributed by atoms with Gasteiger partial charge < -0.3 is 11.1 Å². The molecule has 1 aromatic heterocycles. The van der Waals surface area contributed by atoms with E-state index in [0.29, 0.717) is 12.5 Å². The minimum atomic E-state index is -0.266. The molecule has 0 aliphatic carbocycles. The van der Waals surface area contributed by atoms with Crippen LogP contribution < -0.4 is 15.9 Å². The maximum absolute atomic E-state index is 12.1. The largest absolute Gasteiger partial charge is 0.353 e. The van der Waals surface area contributed by atoms with Crippen molar-refractivity contribution in [1.29, 1.82) is 0 Å². The summed E-state index contributed by atoms with van der Waals surface area (Å²) in [6.45, 7) is 8.40. The molecule has 1 heterocycles. The van der Waals surface area contributed by atoms with Crippen LogP contribution in [0.1, 0.15) is 47.5 Å². The lowest BCUT2D eigenvalue weighted by Gasteiger charge is -2.15. The van der Waals surface area contributed by atoms with Gasteiger partial charge in [0.05, 0.1) is 0 Å². The van der Waals surface area contributed by atoms with E-state index in [1.165, 1.54) is 21.5 Å². The van der Waals surface area contributed by atoms with E-state index in [2.05, 4.69) is 31.3 Å². The first-order chi connectivity index (χ1) is 11.3. The highest BCUT2D eigenvalue weighted by Crippen LogP contribution is 2.17. The molecule has 1 unspecified atom stereocenters. The van der Waals surface area contributed by atoms with Crippen molar-refractivity contribution in [3.63, 3.8) is 0 Å². The van der Waals surface area contributed by atoms with Crippen LogP contribution in [0.15, 0.2) is 29.1 Å². The van der Waals surface area contributed by atoms with E-state index in [9.17, 15) is 9.59 Å². The quantitative estimate of drug-likeness (QED) is 0.805. The number of rotatable bonds is 6. The minimum absolute atomic E-state index is 0. The molecule has 1 amide bonds. The summed E-state index contributed by atoms with van der Waals surface area (Å²) < 4.78 is 1.50. The van der Waals surface area contributed by atoms with Crippen LogP contribution in [0.4, 0.5) is 0 Å². The molecule has 0 spiro atoms. The molecule has 0 fully saturated rings. The van der Waals surface area contributed by atoms with Gasteiger partial charge in [0.1, 0.15) is 6.54 Å². The molecule has 1 aromatic carbocycles. The van der Waals surface area contributed by atoms with Gasteiger partial charge >= 0.3 is 4.87 Å². The van der Waals surface area contributed by atoms with Crippen LogP contribution in [0.5, 0.6) is 0 Å². The van der Waals surface area contributed by atoms with Crippen molar-refractivity contribution < 1.29 is 4.79 Å². The fraction of sp³-hybridized carbons (Fsp3) is 0.444. The topological polar surface area (TPSA) is 77.1 Å². The highest BCUT2D eigenvalue weighted by Gasteiger charge is 2.13. The minimum Gasteiger partial charge on any atom is -0.353 e. The Morgan fingerprint density at radius 3 is 2.24 bits per heavy atom. The van der Waals surface area contributed by atoms with Gasteiger partial charge in [-0.2, -0.15) is 0 Å². The molecule has 0 bridgehead atoms. The molecule has 0 aliphatic rings. The van der Waals surface area contributed by atoms with Gasteiger partial charge in [0.15, 0.2) is 0 Å². The van der Waals surface area contributed by atoms with Crippen molar-refractivity contribution in [1.82, 2.24) is 9.88 Å². The van der Waals surface area contributed by atoms with E-state index in [1.54, 1.807) is 0 Å². The van der Waals surface area contributed by atoms with Crippen molar-refractivity contribution in [2.45, 2.75) is 46.2 Å². The maximum Gasteiger partial charge on any atom is 0.308 e. The van der Waals surface area contributed by atoms with Crippen molar-refractivity contribution in [3.05, 3.63) is 55.6 Å². The van der Waals surface area contributed by atoms with Gasteiger partial charge in [-0.1, -0.05) is 49.4 Å². The third-order valence-corrected chi connectivity index (χ3v) is 5.22. The van der Waals surface area contributed by atoms with Crippen LogP contribution in [0, 0.1) is 13.8 Å². The third kappa shape index (κ3) is 5.42.